The molecule has 1 amide bonds. The van der Waals surface area contributed by atoms with E-state index in [9.17, 15) is 4.79 Å². The minimum absolute atomic E-state index is 0.331. The third-order valence-corrected chi connectivity index (χ3v) is 2.42. The third kappa shape index (κ3) is 6.45. The molecule has 0 aliphatic heterocycles. The van der Waals surface area contributed by atoms with E-state index in [1.165, 1.54) is 6.20 Å². The normalized spacial score (nSPS) is 11.6. The molecule has 0 fully saturated rings. The number of carbonyl (C=O) groups excluding carboxylic acids is 1. The zero-order valence-corrected chi connectivity index (χ0v) is 12.5. The first kappa shape index (κ1) is 15.8. The monoisotopic (exact) mass is 302 g/mol. The van der Waals surface area contributed by atoms with Crippen molar-refractivity contribution in [3.63, 3.8) is 0 Å². The molecule has 0 unspecified atom stereocenters. The fourth-order valence-electron chi connectivity index (χ4n) is 1.20. The molecular formula is C13H16Cl2N2O2. The Balaban J connectivity index is 2.47. The van der Waals surface area contributed by atoms with Gasteiger partial charge in [0.15, 0.2) is 0 Å². The second-order valence-corrected chi connectivity index (χ2v) is 5.61. The Morgan fingerprint density at radius 3 is 2.79 bits per heavy atom. The van der Waals surface area contributed by atoms with E-state index in [0.717, 1.165) is 0 Å². The largest absolute Gasteiger partial charge is 0.444 e. The number of rotatable bonds is 3. The number of halogens is 2. The van der Waals surface area contributed by atoms with Gasteiger partial charge in [-0.1, -0.05) is 35.4 Å². The van der Waals surface area contributed by atoms with Gasteiger partial charge in [0, 0.05) is 18.3 Å². The van der Waals surface area contributed by atoms with Crippen LogP contribution in [-0.4, -0.2) is 23.2 Å². The van der Waals surface area contributed by atoms with Gasteiger partial charge in [-0.15, -0.1) is 0 Å². The standard InChI is InChI=1S/C13H16Cl2N2O2/c1-13(2,3)19-12(18)16-6-4-5-9-7-10(14)8-17-11(9)15/h4-5,7-8H,6H2,1-3H3,(H,16,18). The van der Waals surface area contributed by atoms with Gasteiger partial charge in [-0.25, -0.2) is 9.78 Å². The van der Waals surface area contributed by atoms with Gasteiger partial charge in [0.25, 0.3) is 0 Å². The van der Waals surface area contributed by atoms with Gasteiger partial charge >= 0.3 is 6.09 Å². The molecule has 1 aromatic heterocycles. The first-order valence-electron chi connectivity index (χ1n) is 5.72. The maximum absolute atomic E-state index is 11.4. The molecule has 1 rings (SSSR count). The summed E-state index contributed by atoms with van der Waals surface area (Å²) in [4.78, 5) is 15.3. The summed E-state index contributed by atoms with van der Waals surface area (Å²) >= 11 is 11.7. The quantitative estimate of drug-likeness (QED) is 0.861. The van der Waals surface area contributed by atoms with Crippen LogP contribution in [0.2, 0.25) is 10.2 Å². The molecule has 0 bridgehead atoms. The number of ether oxygens (including phenoxy) is 1. The Morgan fingerprint density at radius 2 is 2.16 bits per heavy atom. The van der Waals surface area contributed by atoms with Gasteiger partial charge in [-0.2, -0.15) is 0 Å². The highest BCUT2D eigenvalue weighted by Crippen LogP contribution is 2.18. The summed E-state index contributed by atoms with van der Waals surface area (Å²) in [6.45, 7) is 5.75. The predicted molar refractivity (Wildman–Crippen MR) is 77.5 cm³/mol. The average Bonchev–Trinajstić information content (AvgIpc) is 2.26. The van der Waals surface area contributed by atoms with Crippen molar-refractivity contribution in [2.75, 3.05) is 6.54 Å². The molecule has 104 valence electrons. The lowest BCUT2D eigenvalue weighted by molar-refractivity contribution is 0.0534. The van der Waals surface area contributed by atoms with Gasteiger partial charge in [-0.05, 0) is 26.8 Å². The summed E-state index contributed by atoms with van der Waals surface area (Å²) in [5, 5.41) is 3.46. The topological polar surface area (TPSA) is 51.2 Å². The molecule has 0 atom stereocenters. The molecule has 1 heterocycles. The number of aromatic nitrogens is 1. The lowest BCUT2D eigenvalue weighted by Gasteiger charge is -2.19. The lowest BCUT2D eigenvalue weighted by Crippen LogP contribution is -2.32. The Bertz CT molecular complexity index is 482. The summed E-state index contributed by atoms with van der Waals surface area (Å²) in [6.07, 6.45) is 4.48. The number of nitrogens with one attached hydrogen (secondary N) is 1. The molecule has 0 saturated carbocycles. The Hall–Kier alpha value is -1.26. The van der Waals surface area contributed by atoms with Crippen LogP contribution in [0.25, 0.3) is 6.08 Å². The molecule has 0 spiro atoms. The molecule has 0 saturated heterocycles. The first-order chi connectivity index (χ1) is 8.78. The van der Waals surface area contributed by atoms with E-state index in [0.29, 0.717) is 22.3 Å². The van der Waals surface area contributed by atoms with Crippen molar-refractivity contribution >= 4 is 35.4 Å². The molecule has 0 aromatic carbocycles. The number of amides is 1. The number of pyridine rings is 1. The van der Waals surface area contributed by atoms with E-state index >= 15 is 0 Å². The minimum atomic E-state index is -0.506. The van der Waals surface area contributed by atoms with E-state index in [4.69, 9.17) is 27.9 Å². The van der Waals surface area contributed by atoms with Crippen molar-refractivity contribution in [1.82, 2.24) is 10.3 Å². The zero-order chi connectivity index (χ0) is 14.5. The summed E-state index contributed by atoms with van der Waals surface area (Å²) in [6, 6.07) is 1.70. The minimum Gasteiger partial charge on any atom is -0.444 e. The molecule has 6 heteroatoms. The molecule has 1 N–H and O–H groups in total. The SMILES string of the molecule is CC(C)(C)OC(=O)NCC=Cc1cc(Cl)cnc1Cl. The average molecular weight is 303 g/mol. The summed E-state index contributed by atoms with van der Waals surface area (Å²) in [7, 11) is 0. The van der Waals surface area contributed by atoms with Crippen LogP contribution in [0.1, 0.15) is 26.3 Å². The number of alkyl carbamates (subject to hydrolysis) is 1. The highest BCUT2D eigenvalue weighted by molar-refractivity contribution is 6.33. The van der Waals surface area contributed by atoms with Crippen LogP contribution >= 0.6 is 23.2 Å². The summed E-state index contributed by atoms with van der Waals surface area (Å²) < 4.78 is 5.09. The number of nitrogens with zero attached hydrogens (tertiary/aromatic N) is 1. The van der Waals surface area contributed by atoms with E-state index < -0.39 is 11.7 Å². The van der Waals surface area contributed by atoms with Crippen LogP contribution in [-0.2, 0) is 4.74 Å². The maximum Gasteiger partial charge on any atom is 0.407 e. The number of carbonyl (C=O) groups is 1. The molecule has 0 radical (unpaired) electrons. The smallest absolute Gasteiger partial charge is 0.407 e. The summed E-state index contributed by atoms with van der Waals surface area (Å²) in [5.41, 5.74) is 0.189. The zero-order valence-electron chi connectivity index (χ0n) is 11.0. The van der Waals surface area contributed by atoms with Crippen molar-refractivity contribution in [3.8, 4) is 0 Å². The van der Waals surface area contributed by atoms with Crippen molar-refractivity contribution in [2.24, 2.45) is 0 Å². The van der Waals surface area contributed by atoms with Gasteiger partial charge in [-0.3, -0.25) is 0 Å². The van der Waals surface area contributed by atoms with Crippen LogP contribution in [0, 0.1) is 0 Å². The van der Waals surface area contributed by atoms with Crippen LogP contribution in [0.3, 0.4) is 0 Å². The number of hydrogen-bond donors (Lipinski definition) is 1. The van der Waals surface area contributed by atoms with E-state index in [1.807, 2.05) is 0 Å². The van der Waals surface area contributed by atoms with Crippen LogP contribution in [0.4, 0.5) is 4.79 Å². The van der Waals surface area contributed by atoms with Crippen LogP contribution in [0.15, 0.2) is 18.3 Å². The third-order valence-electron chi connectivity index (χ3n) is 1.89. The number of hydrogen-bond acceptors (Lipinski definition) is 3. The molecular weight excluding hydrogens is 287 g/mol. The van der Waals surface area contributed by atoms with Gasteiger partial charge < -0.3 is 10.1 Å². The fourth-order valence-corrected chi connectivity index (χ4v) is 1.53. The van der Waals surface area contributed by atoms with Crippen LogP contribution < -0.4 is 5.32 Å². The molecule has 1 aromatic rings. The Labute approximate surface area is 122 Å². The fraction of sp³-hybridized carbons (Fsp3) is 0.385. The summed E-state index contributed by atoms with van der Waals surface area (Å²) in [5.74, 6) is 0. The van der Waals surface area contributed by atoms with Crippen molar-refractivity contribution in [2.45, 2.75) is 26.4 Å². The van der Waals surface area contributed by atoms with E-state index in [2.05, 4.69) is 10.3 Å². The highest BCUT2D eigenvalue weighted by atomic mass is 35.5. The Kier molecular flexibility index (Phi) is 5.63. The highest BCUT2D eigenvalue weighted by Gasteiger charge is 2.14. The van der Waals surface area contributed by atoms with E-state index in [1.54, 1.807) is 39.0 Å². The van der Waals surface area contributed by atoms with Crippen molar-refractivity contribution in [1.29, 1.82) is 0 Å². The maximum atomic E-state index is 11.4. The van der Waals surface area contributed by atoms with Gasteiger partial charge in [0.05, 0.1) is 5.02 Å². The van der Waals surface area contributed by atoms with Gasteiger partial charge in [0.2, 0.25) is 0 Å². The van der Waals surface area contributed by atoms with E-state index in [-0.39, 0.29) is 0 Å². The Morgan fingerprint density at radius 1 is 1.47 bits per heavy atom. The van der Waals surface area contributed by atoms with Crippen molar-refractivity contribution < 1.29 is 9.53 Å². The molecule has 4 nitrogen and oxygen atoms in total. The molecule has 0 aliphatic carbocycles. The predicted octanol–water partition coefficient (Wildman–Crippen LogP) is 3.93. The lowest BCUT2D eigenvalue weighted by atomic mass is 10.2. The molecule has 0 aliphatic rings. The van der Waals surface area contributed by atoms with Crippen LogP contribution in [0.5, 0.6) is 0 Å². The second-order valence-electron chi connectivity index (χ2n) is 4.82. The molecule has 19 heavy (non-hydrogen) atoms. The second kappa shape index (κ2) is 6.78. The first-order valence-corrected chi connectivity index (χ1v) is 6.48. The van der Waals surface area contributed by atoms with Crippen molar-refractivity contribution in [3.05, 3.63) is 34.1 Å². The van der Waals surface area contributed by atoms with Gasteiger partial charge in [0.1, 0.15) is 10.8 Å².